The first-order chi connectivity index (χ1) is 27.2. The second-order valence-corrected chi connectivity index (χ2v) is 18.1. The Labute approximate surface area is 348 Å². The highest BCUT2D eigenvalue weighted by Gasteiger charge is 2.19. The van der Waals surface area contributed by atoms with Gasteiger partial charge in [-0.05, 0) is 31.1 Å². The van der Waals surface area contributed by atoms with E-state index in [1.54, 1.807) is 0 Å². The maximum atomic E-state index is 12.7. The minimum Gasteiger partial charge on any atom is -0.462 e. The monoisotopic (exact) mass is 793 g/mol. The van der Waals surface area contributed by atoms with Crippen LogP contribution in [0.4, 0.5) is 0 Å². The molecule has 0 aliphatic rings. The van der Waals surface area contributed by atoms with E-state index in [4.69, 9.17) is 14.2 Å². The maximum Gasteiger partial charge on any atom is 0.306 e. The number of rotatable bonds is 44. The predicted octanol–water partition coefficient (Wildman–Crippen LogP) is 15.8. The summed E-state index contributed by atoms with van der Waals surface area (Å²) in [7, 11) is 0. The molecule has 0 radical (unpaired) electrons. The first-order valence-corrected chi connectivity index (χ1v) is 24.7. The van der Waals surface area contributed by atoms with Crippen molar-refractivity contribution in [3.63, 3.8) is 0 Å². The molecule has 6 nitrogen and oxygen atoms in total. The van der Waals surface area contributed by atoms with Crippen LogP contribution in [0.5, 0.6) is 0 Å². The van der Waals surface area contributed by atoms with Gasteiger partial charge in [0.05, 0.1) is 0 Å². The fourth-order valence-corrected chi connectivity index (χ4v) is 7.46. The number of hydrogen-bond acceptors (Lipinski definition) is 6. The zero-order valence-electron chi connectivity index (χ0n) is 38.3. The highest BCUT2D eigenvalue weighted by atomic mass is 16.6. The zero-order chi connectivity index (χ0) is 41.2. The molecule has 0 aromatic rings. The highest BCUT2D eigenvalue weighted by Crippen LogP contribution is 2.17. The summed E-state index contributed by atoms with van der Waals surface area (Å²) >= 11 is 0. The molecule has 0 unspecified atom stereocenters. The van der Waals surface area contributed by atoms with Crippen LogP contribution in [0.15, 0.2) is 0 Å². The lowest BCUT2D eigenvalue weighted by molar-refractivity contribution is -0.167. The lowest BCUT2D eigenvalue weighted by Gasteiger charge is -2.18. The van der Waals surface area contributed by atoms with Gasteiger partial charge in [-0.3, -0.25) is 14.4 Å². The third-order valence-electron chi connectivity index (χ3n) is 11.2. The molecule has 0 amide bonds. The van der Waals surface area contributed by atoms with Crippen LogP contribution >= 0.6 is 0 Å². The van der Waals surface area contributed by atoms with Crippen molar-refractivity contribution in [2.24, 2.45) is 11.8 Å². The summed E-state index contributed by atoms with van der Waals surface area (Å²) in [5, 5.41) is 0. The van der Waals surface area contributed by atoms with E-state index in [0.29, 0.717) is 19.3 Å². The Balaban J connectivity index is 4.32. The smallest absolute Gasteiger partial charge is 0.306 e. The van der Waals surface area contributed by atoms with Crippen LogP contribution in [-0.4, -0.2) is 37.2 Å². The molecule has 0 aromatic carbocycles. The fourth-order valence-electron chi connectivity index (χ4n) is 7.46. The summed E-state index contributed by atoms with van der Waals surface area (Å²) in [4.78, 5) is 37.8. The van der Waals surface area contributed by atoms with Crippen molar-refractivity contribution in [3.05, 3.63) is 0 Å². The predicted molar refractivity (Wildman–Crippen MR) is 238 cm³/mol. The number of carbonyl (C=O) groups is 3. The third-order valence-corrected chi connectivity index (χ3v) is 11.2. The molecule has 0 spiro atoms. The Hall–Kier alpha value is -1.59. The van der Waals surface area contributed by atoms with Gasteiger partial charge in [0.1, 0.15) is 13.2 Å². The Morgan fingerprint density at radius 1 is 0.339 bits per heavy atom. The van der Waals surface area contributed by atoms with Gasteiger partial charge in [0, 0.05) is 19.3 Å². The van der Waals surface area contributed by atoms with Gasteiger partial charge in [-0.15, -0.1) is 0 Å². The molecular weight excluding hydrogens is 697 g/mol. The van der Waals surface area contributed by atoms with Gasteiger partial charge in [0.2, 0.25) is 0 Å². The summed E-state index contributed by atoms with van der Waals surface area (Å²) in [5.74, 6) is 0.780. The van der Waals surface area contributed by atoms with E-state index in [2.05, 4.69) is 34.6 Å². The highest BCUT2D eigenvalue weighted by molar-refractivity contribution is 5.71. The average molecular weight is 793 g/mol. The molecule has 0 saturated heterocycles. The average Bonchev–Trinajstić information content (AvgIpc) is 3.16. The van der Waals surface area contributed by atoms with Crippen LogP contribution in [0.2, 0.25) is 0 Å². The van der Waals surface area contributed by atoms with E-state index in [0.717, 1.165) is 69.6 Å². The van der Waals surface area contributed by atoms with Crippen molar-refractivity contribution in [2.75, 3.05) is 13.2 Å². The second kappa shape index (κ2) is 43.0. The van der Waals surface area contributed by atoms with Crippen LogP contribution in [0.25, 0.3) is 0 Å². The molecule has 6 heteroatoms. The molecule has 0 bridgehead atoms. The van der Waals surface area contributed by atoms with Crippen LogP contribution in [0.1, 0.15) is 272 Å². The third kappa shape index (κ3) is 43.5. The van der Waals surface area contributed by atoms with Crippen molar-refractivity contribution in [3.8, 4) is 0 Å². The summed E-state index contributed by atoms with van der Waals surface area (Å²) < 4.78 is 16.8. The van der Waals surface area contributed by atoms with Crippen LogP contribution in [-0.2, 0) is 28.6 Å². The van der Waals surface area contributed by atoms with Crippen molar-refractivity contribution in [1.29, 1.82) is 0 Å². The number of ether oxygens (including phenoxy) is 3. The SMILES string of the molecule is CCCCCCCCCCCCCCC(=O)OC[C@H](COC(=O)CCCCCCCCCCCCCC(C)C)OC(=O)CCCCCCCCCCCC(C)C. The largest absolute Gasteiger partial charge is 0.462 e. The molecular formula is C50H96O6. The number of hydrogen-bond donors (Lipinski definition) is 0. The molecule has 0 aliphatic carbocycles. The molecule has 0 aromatic heterocycles. The minimum absolute atomic E-state index is 0.0643. The summed E-state index contributed by atoms with van der Waals surface area (Å²) in [6.45, 7) is 11.3. The van der Waals surface area contributed by atoms with Crippen molar-refractivity contribution in [2.45, 2.75) is 278 Å². The number of carbonyl (C=O) groups excluding carboxylic acids is 3. The molecule has 0 rings (SSSR count). The van der Waals surface area contributed by atoms with E-state index in [9.17, 15) is 14.4 Å². The van der Waals surface area contributed by atoms with Crippen LogP contribution in [0, 0.1) is 11.8 Å². The molecule has 332 valence electrons. The first-order valence-electron chi connectivity index (χ1n) is 24.7. The fraction of sp³-hybridized carbons (Fsp3) is 0.940. The summed E-state index contributed by atoms with van der Waals surface area (Å²) in [6, 6.07) is 0. The maximum absolute atomic E-state index is 12.7. The normalized spacial score (nSPS) is 12.1. The lowest BCUT2D eigenvalue weighted by Crippen LogP contribution is -2.30. The Morgan fingerprint density at radius 3 is 0.875 bits per heavy atom. The number of esters is 3. The van der Waals surface area contributed by atoms with E-state index < -0.39 is 6.10 Å². The molecule has 56 heavy (non-hydrogen) atoms. The Morgan fingerprint density at radius 2 is 0.589 bits per heavy atom. The van der Waals surface area contributed by atoms with Gasteiger partial charge < -0.3 is 14.2 Å². The zero-order valence-corrected chi connectivity index (χ0v) is 38.3. The van der Waals surface area contributed by atoms with E-state index in [-0.39, 0.29) is 31.1 Å². The van der Waals surface area contributed by atoms with Gasteiger partial charge in [0.25, 0.3) is 0 Å². The summed E-state index contributed by atoms with van der Waals surface area (Å²) in [5.41, 5.74) is 0. The molecule has 0 heterocycles. The van der Waals surface area contributed by atoms with Gasteiger partial charge >= 0.3 is 17.9 Å². The quantitative estimate of drug-likeness (QED) is 0.0347. The van der Waals surface area contributed by atoms with Gasteiger partial charge in [-0.2, -0.15) is 0 Å². The Bertz CT molecular complexity index is 854. The van der Waals surface area contributed by atoms with Crippen molar-refractivity contribution < 1.29 is 28.6 Å². The minimum atomic E-state index is -0.761. The standard InChI is InChI=1S/C50H96O6/c1-6-7-8-9-10-11-12-15-20-25-30-35-40-48(51)54-43-47(56-50(53)42-37-32-27-22-17-19-24-29-34-39-46(4)5)44-55-49(52)41-36-31-26-21-16-13-14-18-23-28-33-38-45(2)3/h45-47H,6-44H2,1-5H3/t47-/m1/s1. The van der Waals surface area contributed by atoms with E-state index in [1.807, 2.05) is 0 Å². The molecule has 0 N–H and O–H groups in total. The van der Waals surface area contributed by atoms with Crippen LogP contribution in [0.3, 0.4) is 0 Å². The van der Waals surface area contributed by atoms with Crippen molar-refractivity contribution >= 4 is 17.9 Å². The van der Waals surface area contributed by atoms with Gasteiger partial charge in [-0.1, -0.05) is 234 Å². The summed E-state index contributed by atoms with van der Waals surface area (Å²) in [6.07, 6.45) is 42.3. The first kappa shape index (κ1) is 54.4. The van der Waals surface area contributed by atoms with Crippen LogP contribution < -0.4 is 0 Å². The topological polar surface area (TPSA) is 78.9 Å². The molecule has 1 atom stereocenters. The van der Waals surface area contributed by atoms with E-state index in [1.165, 1.54) is 161 Å². The van der Waals surface area contributed by atoms with Gasteiger partial charge in [-0.25, -0.2) is 0 Å². The Kier molecular flexibility index (Phi) is 41.8. The molecule has 0 fully saturated rings. The second-order valence-electron chi connectivity index (χ2n) is 18.1. The van der Waals surface area contributed by atoms with Crippen molar-refractivity contribution in [1.82, 2.24) is 0 Å². The van der Waals surface area contributed by atoms with E-state index >= 15 is 0 Å². The number of unbranched alkanes of at least 4 members (excludes halogenated alkanes) is 29. The van der Waals surface area contributed by atoms with Gasteiger partial charge in [0.15, 0.2) is 6.10 Å². The molecule has 0 saturated carbocycles. The molecule has 0 aliphatic heterocycles. The lowest BCUT2D eigenvalue weighted by atomic mass is 10.0.